The van der Waals surface area contributed by atoms with E-state index in [1.165, 1.54) is 0 Å². The summed E-state index contributed by atoms with van der Waals surface area (Å²) >= 11 is 1.60. The van der Waals surface area contributed by atoms with Crippen LogP contribution in [0.4, 0.5) is 0 Å². The third-order valence-electron chi connectivity index (χ3n) is 3.72. The molecule has 2 aliphatic rings. The van der Waals surface area contributed by atoms with Gasteiger partial charge in [-0.2, -0.15) is 5.26 Å². The van der Waals surface area contributed by atoms with Crippen molar-refractivity contribution in [3.05, 3.63) is 34.9 Å². The first kappa shape index (κ1) is 11.6. The molecule has 1 saturated heterocycles. The zero-order valence-electron chi connectivity index (χ0n) is 10.2. The average molecular weight is 259 g/mol. The predicted molar refractivity (Wildman–Crippen MR) is 71.3 cm³/mol. The molecule has 2 unspecified atom stereocenters. The van der Waals surface area contributed by atoms with Gasteiger partial charge in [0.2, 0.25) is 0 Å². The van der Waals surface area contributed by atoms with E-state index in [-0.39, 0.29) is 5.25 Å². The summed E-state index contributed by atoms with van der Waals surface area (Å²) in [5.74, 6) is 0. The Labute approximate surface area is 110 Å². The van der Waals surface area contributed by atoms with Crippen LogP contribution < -0.4 is 0 Å². The van der Waals surface area contributed by atoms with Gasteiger partial charge in [0.1, 0.15) is 0 Å². The van der Waals surface area contributed by atoms with Crippen molar-refractivity contribution >= 4 is 16.9 Å². The standard InChI is InChI=1S/C13H13N3OS/c1-15-12-16(2)13(17)10-4-3-8(7-14)5-9(10)6-11(13)18-12/h3-5,11,17H,6H2,1-2H3. The van der Waals surface area contributed by atoms with Gasteiger partial charge in [-0.1, -0.05) is 17.8 Å². The highest BCUT2D eigenvalue weighted by molar-refractivity contribution is 8.14. The maximum Gasteiger partial charge on any atom is 0.178 e. The van der Waals surface area contributed by atoms with Crippen molar-refractivity contribution in [3.8, 4) is 6.07 Å². The second-order valence-corrected chi connectivity index (χ2v) is 5.76. The maximum absolute atomic E-state index is 11.0. The van der Waals surface area contributed by atoms with Gasteiger partial charge in [-0.25, -0.2) is 0 Å². The van der Waals surface area contributed by atoms with Gasteiger partial charge in [-0.3, -0.25) is 4.99 Å². The molecule has 0 radical (unpaired) electrons. The minimum atomic E-state index is -0.983. The zero-order chi connectivity index (χ0) is 12.9. The van der Waals surface area contributed by atoms with E-state index in [0.29, 0.717) is 5.56 Å². The number of rotatable bonds is 0. The van der Waals surface area contributed by atoms with Crippen LogP contribution in [-0.2, 0) is 12.1 Å². The van der Waals surface area contributed by atoms with Crippen molar-refractivity contribution in [2.75, 3.05) is 14.1 Å². The molecule has 1 N–H and O–H groups in total. The fraction of sp³-hybridized carbons (Fsp3) is 0.385. The second kappa shape index (κ2) is 3.74. The summed E-state index contributed by atoms with van der Waals surface area (Å²) in [6, 6.07) is 7.65. The van der Waals surface area contributed by atoms with Crippen molar-refractivity contribution in [3.63, 3.8) is 0 Å². The number of nitriles is 1. The lowest BCUT2D eigenvalue weighted by Crippen LogP contribution is -2.44. The lowest BCUT2D eigenvalue weighted by Gasteiger charge is -2.31. The molecule has 4 nitrogen and oxygen atoms in total. The van der Waals surface area contributed by atoms with Crippen molar-refractivity contribution < 1.29 is 5.11 Å². The summed E-state index contributed by atoms with van der Waals surface area (Å²) in [6.45, 7) is 0. The van der Waals surface area contributed by atoms with Crippen LogP contribution in [0.5, 0.6) is 0 Å². The van der Waals surface area contributed by atoms with Crippen molar-refractivity contribution in [1.82, 2.24) is 4.90 Å². The average Bonchev–Trinajstić information content (AvgIpc) is 2.80. The molecule has 3 rings (SSSR count). The number of aliphatic hydroxyl groups is 1. The third-order valence-corrected chi connectivity index (χ3v) is 5.17. The van der Waals surface area contributed by atoms with Crippen molar-refractivity contribution in [1.29, 1.82) is 5.26 Å². The van der Waals surface area contributed by atoms with Crippen LogP contribution >= 0.6 is 11.8 Å². The first-order valence-corrected chi connectivity index (χ1v) is 6.62. The highest BCUT2D eigenvalue weighted by atomic mass is 32.2. The smallest absolute Gasteiger partial charge is 0.178 e. The van der Waals surface area contributed by atoms with Crippen LogP contribution in [0.1, 0.15) is 16.7 Å². The first-order valence-electron chi connectivity index (χ1n) is 5.74. The SMILES string of the molecule is CN=C1SC2Cc3cc(C#N)ccc3C2(O)N1C. The first-order chi connectivity index (χ1) is 8.61. The molecule has 5 heteroatoms. The van der Waals surface area contributed by atoms with Gasteiger partial charge < -0.3 is 10.0 Å². The van der Waals surface area contributed by atoms with Crippen molar-refractivity contribution in [2.45, 2.75) is 17.4 Å². The third kappa shape index (κ3) is 1.27. The van der Waals surface area contributed by atoms with Crippen LogP contribution in [-0.4, -0.2) is 34.5 Å². The minimum Gasteiger partial charge on any atom is -0.366 e. The van der Waals surface area contributed by atoms with Gasteiger partial charge in [0.15, 0.2) is 10.9 Å². The Balaban J connectivity index is 2.13. The Morgan fingerprint density at radius 3 is 3.06 bits per heavy atom. The van der Waals surface area contributed by atoms with Crippen LogP contribution in [0.2, 0.25) is 0 Å². The Bertz CT molecular complexity index is 592. The molecule has 1 heterocycles. The van der Waals surface area contributed by atoms with Crippen LogP contribution in [0.15, 0.2) is 23.2 Å². The Morgan fingerprint density at radius 1 is 1.61 bits per heavy atom. The molecule has 1 aromatic rings. The molecule has 1 aliphatic heterocycles. The van der Waals surface area contributed by atoms with E-state index in [0.717, 1.165) is 22.7 Å². The van der Waals surface area contributed by atoms with Gasteiger partial charge in [-0.05, 0) is 24.1 Å². The van der Waals surface area contributed by atoms with E-state index in [4.69, 9.17) is 5.26 Å². The predicted octanol–water partition coefficient (Wildman–Crippen LogP) is 1.29. The van der Waals surface area contributed by atoms with Gasteiger partial charge in [0, 0.05) is 19.7 Å². The van der Waals surface area contributed by atoms with E-state index in [2.05, 4.69) is 11.1 Å². The lowest BCUT2D eigenvalue weighted by atomic mass is 10.0. The highest BCUT2D eigenvalue weighted by Gasteiger charge is 2.55. The number of hydrogen-bond donors (Lipinski definition) is 1. The van der Waals surface area contributed by atoms with Gasteiger partial charge in [0.05, 0.1) is 16.9 Å². The fourth-order valence-corrected chi connectivity index (χ4v) is 4.15. The molecular weight excluding hydrogens is 246 g/mol. The molecule has 0 spiro atoms. The summed E-state index contributed by atoms with van der Waals surface area (Å²) in [5.41, 5.74) is 1.63. The summed E-state index contributed by atoms with van der Waals surface area (Å²) in [5, 5.41) is 20.8. The maximum atomic E-state index is 11.0. The van der Waals surface area contributed by atoms with E-state index in [9.17, 15) is 5.11 Å². The summed E-state index contributed by atoms with van der Waals surface area (Å²) in [7, 11) is 3.60. The summed E-state index contributed by atoms with van der Waals surface area (Å²) < 4.78 is 0. The fourth-order valence-electron chi connectivity index (χ4n) is 2.78. The molecule has 18 heavy (non-hydrogen) atoms. The minimum absolute atomic E-state index is 0.0603. The number of benzene rings is 1. The Hall–Kier alpha value is -1.51. The summed E-state index contributed by atoms with van der Waals surface area (Å²) in [4.78, 5) is 6.03. The van der Waals surface area contributed by atoms with Gasteiger partial charge in [0.25, 0.3) is 0 Å². The number of nitrogens with zero attached hydrogens (tertiary/aromatic N) is 3. The van der Waals surface area contributed by atoms with E-state index in [1.807, 2.05) is 24.1 Å². The molecule has 0 aromatic heterocycles. The lowest BCUT2D eigenvalue weighted by molar-refractivity contribution is -0.0496. The van der Waals surface area contributed by atoms with E-state index >= 15 is 0 Å². The monoisotopic (exact) mass is 259 g/mol. The molecule has 1 aromatic carbocycles. The van der Waals surface area contributed by atoms with Gasteiger partial charge in [-0.15, -0.1) is 0 Å². The molecule has 92 valence electrons. The number of thioether (sulfide) groups is 1. The second-order valence-electron chi connectivity index (χ2n) is 4.59. The largest absolute Gasteiger partial charge is 0.366 e. The number of hydrogen-bond acceptors (Lipinski definition) is 4. The highest BCUT2D eigenvalue weighted by Crippen LogP contribution is 2.51. The molecule has 0 bridgehead atoms. The number of amidine groups is 1. The number of aliphatic imine (C=N–C) groups is 1. The Kier molecular flexibility index (Phi) is 2.40. The molecule has 1 aliphatic carbocycles. The van der Waals surface area contributed by atoms with E-state index < -0.39 is 5.72 Å². The summed E-state index contributed by atoms with van der Waals surface area (Å²) in [6.07, 6.45) is 0.773. The quantitative estimate of drug-likeness (QED) is 0.763. The molecule has 0 amide bonds. The van der Waals surface area contributed by atoms with Crippen LogP contribution in [0.25, 0.3) is 0 Å². The van der Waals surface area contributed by atoms with Crippen LogP contribution in [0.3, 0.4) is 0 Å². The molecule has 1 fully saturated rings. The number of fused-ring (bicyclic) bond motifs is 3. The zero-order valence-corrected chi connectivity index (χ0v) is 11.0. The molecule has 2 atom stereocenters. The topological polar surface area (TPSA) is 59.6 Å². The Morgan fingerprint density at radius 2 is 2.39 bits per heavy atom. The molecule has 0 saturated carbocycles. The van der Waals surface area contributed by atoms with Crippen molar-refractivity contribution in [2.24, 2.45) is 4.99 Å². The van der Waals surface area contributed by atoms with Crippen LogP contribution in [0, 0.1) is 11.3 Å². The normalized spacial score (nSPS) is 31.3. The molecular formula is C13H13N3OS. The van der Waals surface area contributed by atoms with Gasteiger partial charge >= 0.3 is 0 Å². The van der Waals surface area contributed by atoms with E-state index in [1.54, 1.807) is 24.9 Å².